The highest BCUT2D eigenvalue weighted by Gasteiger charge is 2.31. The van der Waals surface area contributed by atoms with Gasteiger partial charge in [-0.25, -0.2) is 0 Å². The van der Waals surface area contributed by atoms with E-state index in [1.165, 1.54) is 77.1 Å². The summed E-state index contributed by atoms with van der Waals surface area (Å²) in [5.41, 5.74) is 16.8. The molecular weight excluding hydrogens is 667 g/mol. The summed E-state index contributed by atoms with van der Waals surface area (Å²) in [4.78, 5) is 0. The summed E-state index contributed by atoms with van der Waals surface area (Å²) in [6, 6.07) is 71.0. The van der Waals surface area contributed by atoms with Gasteiger partial charge >= 0.3 is 0 Å². The van der Waals surface area contributed by atoms with E-state index in [0.717, 1.165) is 33.1 Å². The predicted octanol–water partition coefficient (Wildman–Crippen LogP) is 14.3. The average Bonchev–Trinajstić information content (AvgIpc) is 3.89. The molecule has 0 amide bonds. The number of hydrogen-bond donors (Lipinski definition) is 0. The number of fused-ring (bicyclic) bond motifs is 10. The zero-order valence-electron chi connectivity index (χ0n) is 29.9. The predicted molar refractivity (Wildman–Crippen MR) is 229 cm³/mol. The van der Waals surface area contributed by atoms with Crippen LogP contribution in [0.5, 0.6) is 0 Å². The first-order chi connectivity index (χ1) is 27.3. The molecule has 2 nitrogen and oxygen atoms in total. The smallest absolute Gasteiger partial charge is 0.136 e. The van der Waals surface area contributed by atoms with Gasteiger partial charge in [-0.15, -0.1) is 0 Å². The molecule has 1 aliphatic rings. The van der Waals surface area contributed by atoms with Crippen LogP contribution in [0.2, 0.25) is 0 Å². The van der Waals surface area contributed by atoms with Gasteiger partial charge in [0.15, 0.2) is 0 Å². The van der Waals surface area contributed by atoms with Gasteiger partial charge in [0.05, 0.1) is 11.0 Å². The quantitative estimate of drug-likeness (QED) is 0.179. The van der Waals surface area contributed by atoms with E-state index in [9.17, 15) is 0 Å². The molecule has 0 radical (unpaired) electrons. The topological polar surface area (TPSA) is 18.1 Å². The number of rotatable bonds is 4. The largest absolute Gasteiger partial charge is 0.456 e. The summed E-state index contributed by atoms with van der Waals surface area (Å²) in [5.74, 6) is 0.185. The van der Waals surface area contributed by atoms with Crippen LogP contribution in [0.1, 0.15) is 22.6 Å². The number of nitrogens with zero attached hydrogens (tertiary/aromatic N) is 1. The van der Waals surface area contributed by atoms with E-state index in [1.807, 2.05) is 6.07 Å². The lowest BCUT2D eigenvalue weighted by molar-refractivity contribution is 0.669. The number of aromatic nitrogens is 1. The van der Waals surface area contributed by atoms with Crippen molar-refractivity contribution in [2.24, 2.45) is 0 Å². The number of hydrogen-bond acceptors (Lipinski definition) is 1. The highest BCUT2D eigenvalue weighted by molar-refractivity contribution is 6.17. The summed E-state index contributed by atoms with van der Waals surface area (Å²) < 4.78 is 8.89. The summed E-state index contributed by atoms with van der Waals surface area (Å²) in [5, 5.41) is 7.24. The highest BCUT2D eigenvalue weighted by Crippen LogP contribution is 2.50. The van der Waals surface area contributed by atoms with E-state index in [1.54, 1.807) is 0 Å². The Labute approximate surface area is 318 Å². The monoisotopic (exact) mass is 699 g/mol. The zero-order valence-corrected chi connectivity index (χ0v) is 29.9. The maximum atomic E-state index is 6.46. The minimum absolute atomic E-state index is 0.185. The van der Waals surface area contributed by atoms with Crippen LogP contribution in [0.3, 0.4) is 0 Å². The highest BCUT2D eigenvalue weighted by atomic mass is 16.3. The number of furan rings is 1. The van der Waals surface area contributed by atoms with Crippen LogP contribution in [-0.2, 0) is 0 Å². The van der Waals surface area contributed by atoms with E-state index >= 15 is 0 Å². The summed E-state index contributed by atoms with van der Waals surface area (Å²) in [6.45, 7) is 0. The molecule has 1 aliphatic carbocycles. The third-order valence-corrected chi connectivity index (χ3v) is 11.9. The molecule has 2 heterocycles. The van der Waals surface area contributed by atoms with Crippen LogP contribution in [0.4, 0.5) is 0 Å². The Balaban J connectivity index is 1.06. The van der Waals surface area contributed by atoms with Gasteiger partial charge < -0.3 is 8.98 Å². The van der Waals surface area contributed by atoms with Crippen molar-refractivity contribution in [2.45, 2.75) is 5.92 Å². The van der Waals surface area contributed by atoms with Crippen LogP contribution >= 0.6 is 0 Å². The third-order valence-electron chi connectivity index (χ3n) is 11.9. The maximum Gasteiger partial charge on any atom is 0.136 e. The lowest BCUT2D eigenvalue weighted by Gasteiger charge is -2.17. The van der Waals surface area contributed by atoms with E-state index in [-0.39, 0.29) is 5.92 Å². The van der Waals surface area contributed by atoms with E-state index < -0.39 is 0 Å². The van der Waals surface area contributed by atoms with Crippen LogP contribution < -0.4 is 0 Å². The lowest BCUT2D eigenvalue weighted by Crippen LogP contribution is -2.00. The first-order valence-electron chi connectivity index (χ1n) is 19.0. The molecule has 2 aromatic heterocycles. The van der Waals surface area contributed by atoms with Crippen molar-refractivity contribution in [1.29, 1.82) is 0 Å². The Bertz CT molecular complexity index is 3320. The zero-order chi connectivity index (χ0) is 36.0. The van der Waals surface area contributed by atoms with Crippen LogP contribution in [0.25, 0.3) is 93.6 Å². The SMILES string of the molecule is c1ccc(-c2cccc(-n3c4ccc(-c5ccc6c(c5)-c5ccccc5C6c5cccc6ccccc56)cc4c4cc5oc6ccccc6c5cc43)c2)cc1. The van der Waals surface area contributed by atoms with Crippen LogP contribution in [0.15, 0.2) is 199 Å². The Morgan fingerprint density at radius 2 is 1.02 bits per heavy atom. The molecular formula is C53H33NO. The molecule has 9 aromatic carbocycles. The van der Waals surface area contributed by atoms with Gasteiger partial charge in [0.25, 0.3) is 0 Å². The molecule has 0 saturated heterocycles. The van der Waals surface area contributed by atoms with Crippen molar-refractivity contribution in [3.63, 3.8) is 0 Å². The Kier molecular flexibility index (Phi) is 6.43. The number of para-hydroxylation sites is 1. The average molecular weight is 700 g/mol. The van der Waals surface area contributed by atoms with Crippen molar-refractivity contribution < 1.29 is 4.42 Å². The molecule has 1 atom stereocenters. The minimum Gasteiger partial charge on any atom is -0.456 e. The first-order valence-corrected chi connectivity index (χ1v) is 19.0. The normalized spacial score (nSPS) is 13.6. The van der Waals surface area contributed by atoms with Crippen molar-refractivity contribution >= 4 is 54.5 Å². The molecule has 0 N–H and O–H groups in total. The van der Waals surface area contributed by atoms with Gasteiger partial charge in [0.2, 0.25) is 0 Å². The molecule has 1 unspecified atom stereocenters. The Morgan fingerprint density at radius 1 is 0.345 bits per heavy atom. The van der Waals surface area contributed by atoms with E-state index in [0.29, 0.717) is 0 Å². The first kappa shape index (κ1) is 30.3. The fourth-order valence-electron chi connectivity index (χ4n) is 9.37. The summed E-state index contributed by atoms with van der Waals surface area (Å²) in [7, 11) is 0. The number of benzene rings is 9. The Hall–Kier alpha value is -7.16. The van der Waals surface area contributed by atoms with Gasteiger partial charge in [-0.1, -0.05) is 146 Å². The summed E-state index contributed by atoms with van der Waals surface area (Å²) >= 11 is 0. The van der Waals surface area contributed by atoms with Crippen molar-refractivity contribution in [3.8, 4) is 39.1 Å². The van der Waals surface area contributed by atoms with Gasteiger partial charge in [-0.3, -0.25) is 0 Å². The van der Waals surface area contributed by atoms with E-state index in [4.69, 9.17) is 4.42 Å². The molecule has 256 valence electrons. The molecule has 12 rings (SSSR count). The van der Waals surface area contributed by atoms with Gasteiger partial charge in [0, 0.05) is 33.2 Å². The molecule has 11 aromatic rings. The van der Waals surface area contributed by atoms with Crippen molar-refractivity contribution in [3.05, 3.63) is 211 Å². The van der Waals surface area contributed by atoms with Gasteiger partial charge in [-0.2, -0.15) is 0 Å². The third kappa shape index (κ3) is 4.55. The Morgan fingerprint density at radius 3 is 1.96 bits per heavy atom. The van der Waals surface area contributed by atoms with Gasteiger partial charge in [-0.05, 0) is 109 Å². The van der Waals surface area contributed by atoms with Gasteiger partial charge in [0.1, 0.15) is 11.2 Å². The molecule has 0 fully saturated rings. The second-order valence-electron chi connectivity index (χ2n) is 14.8. The molecule has 2 heteroatoms. The maximum absolute atomic E-state index is 6.46. The molecule has 0 saturated carbocycles. The fourth-order valence-corrected chi connectivity index (χ4v) is 9.37. The minimum atomic E-state index is 0.185. The second-order valence-corrected chi connectivity index (χ2v) is 14.8. The van der Waals surface area contributed by atoms with Crippen LogP contribution in [0, 0.1) is 0 Å². The summed E-state index contributed by atoms with van der Waals surface area (Å²) in [6.07, 6.45) is 0. The second kappa shape index (κ2) is 11.7. The lowest BCUT2D eigenvalue weighted by atomic mass is 9.86. The standard InChI is InChI=1S/C53H33NO/c1-2-12-33(13-3-1)35-16-10-17-38(28-35)54-49-27-25-37(30-46(49)47-32-52-48(31-50(47)54)41-20-8-9-23-51(41)55-52)36-24-26-44-45(29-36)40-19-6-7-21-43(40)53(44)42-22-11-15-34-14-4-5-18-39(34)42/h1-32,53H. The molecule has 0 aliphatic heterocycles. The van der Waals surface area contributed by atoms with E-state index in [2.05, 4.69) is 193 Å². The fraction of sp³-hybridized carbons (Fsp3) is 0.0189. The molecule has 55 heavy (non-hydrogen) atoms. The van der Waals surface area contributed by atoms with Crippen LogP contribution in [-0.4, -0.2) is 4.57 Å². The van der Waals surface area contributed by atoms with Crippen molar-refractivity contribution in [2.75, 3.05) is 0 Å². The molecule has 0 bridgehead atoms. The molecule has 0 spiro atoms. The van der Waals surface area contributed by atoms with Crippen molar-refractivity contribution in [1.82, 2.24) is 4.57 Å².